The minimum atomic E-state index is -0.0765. The van der Waals surface area contributed by atoms with Crippen LogP contribution >= 0.6 is 11.3 Å². The first-order valence-electron chi connectivity index (χ1n) is 7.29. The SMILES string of the molecule is Cc1nc2c(c(=O)[nH]1)CN(Cc1cc(=O)n3cc(C)sc3n1)C2. The largest absolute Gasteiger partial charge is 0.310 e. The van der Waals surface area contributed by atoms with Crippen molar-refractivity contribution in [2.24, 2.45) is 0 Å². The van der Waals surface area contributed by atoms with Crippen LogP contribution in [0.25, 0.3) is 4.96 Å². The van der Waals surface area contributed by atoms with Crippen LogP contribution in [0, 0.1) is 13.8 Å². The molecule has 3 aromatic rings. The molecule has 118 valence electrons. The van der Waals surface area contributed by atoms with E-state index in [0.717, 1.165) is 16.3 Å². The molecule has 0 bridgehead atoms. The van der Waals surface area contributed by atoms with Gasteiger partial charge in [0, 0.05) is 36.8 Å². The molecule has 1 aliphatic rings. The lowest BCUT2D eigenvalue weighted by molar-refractivity contribution is 0.270. The molecule has 3 aromatic heterocycles. The van der Waals surface area contributed by atoms with Crippen molar-refractivity contribution in [1.29, 1.82) is 0 Å². The monoisotopic (exact) mass is 329 g/mol. The fourth-order valence-corrected chi connectivity index (χ4v) is 3.78. The second-order valence-corrected chi connectivity index (χ2v) is 7.02. The second-order valence-electron chi connectivity index (χ2n) is 5.80. The van der Waals surface area contributed by atoms with Crippen molar-refractivity contribution >= 4 is 16.3 Å². The molecule has 0 saturated carbocycles. The Labute approximate surface area is 135 Å². The Bertz CT molecular complexity index is 1030. The molecule has 0 radical (unpaired) electrons. The van der Waals surface area contributed by atoms with Crippen molar-refractivity contribution in [3.63, 3.8) is 0 Å². The van der Waals surface area contributed by atoms with Crippen LogP contribution in [0.1, 0.15) is 27.7 Å². The van der Waals surface area contributed by atoms with Gasteiger partial charge in [-0.3, -0.25) is 18.9 Å². The molecule has 0 unspecified atom stereocenters. The third-order valence-corrected chi connectivity index (χ3v) is 4.79. The van der Waals surface area contributed by atoms with E-state index in [9.17, 15) is 9.59 Å². The molecular weight excluding hydrogens is 314 g/mol. The van der Waals surface area contributed by atoms with Crippen LogP contribution in [-0.4, -0.2) is 24.3 Å². The molecule has 0 aromatic carbocycles. The number of aryl methyl sites for hydroxylation is 2. The Morgan fingerprint density at radius 2 is 2.09 bits per heavy atom. The van der Waals surface area contributed by atoms with Crippen LogP contribution in [-0.2, 0) is 19.6 Å². The van der Waals surface area contributed by atoms with Crippen molar-refractivity contribution < 1.29 is 0 Å². The maximum absolute atomic E-state index is 12.1. The fourth-order valence-electron chi connectivity index (χ4n) is 2.93. The zero-order valence-corrected chi connectivity index (χ0v) is 13.6. The summed E-state index contributed by atoms with van der Waals surface area (Å²) in [6.07, 6.45) is 1.80. The van der Waals surface area contributed by atoms with Gasteiger partial charge in [-0.1, -0.05) is 0 Å². The summed E-state index contributed by atoms with van der Waals surface area (Å²) in [6, 6.07) is 1.56. The van der Waals surface area contributed by atoms with Crippen molar-refractivity contribution in [3.05, 3.63) is 60.6 Å². The van der Waals surface area contributed by atoms with E-state index < -0.39 is 0 Å². The zero-order chi connectivity index (χ0) is 16.1. The van der Waals surface area contributed by atoms with E-state index >= 15 is 0 Å². The molecular formula is C15H15N5O2S. The van der Waals surface area contributed by atoms with Crippen molar-refractivity contribution in [2.45, 2.75) is 33.5 Å². The van der Waals surface area contributed by atoms with Gasteiger partial charge in [-0.2, -0.15) is 0 Å². The number of fused-ring (bicyclic) bond motifs is 2. The highest BCUT2D eigenvalue weighted by atomic mass is 32.1. The molecule has 0 aliphatic carbocycles. The molecule has 0 spiro atoms. The molecule has 1 N–H and O–H groups in total. The highest BCUT2D eigenvalue weighted by molar-refractivity contribution is 7.16. The van der Waals surface area contributed by atoms with Gasteiger partial charge in [0.05, 0.1) is 17.0 Å². The third kappa shape index (κ3) is 2.49. The van der Waals surface area contributed by atoms with E-state index in [1.165, 1.54) is 11.3 Å². The summed E-state index contributed by atoms with van der Waals surface area (Å²) in [7, 11) is 0. The lowest BCUT2D eigenvalue weighted by atomic mass is 10.3. The molecule has 8 heteroatoms. The number of thiazole rings is 1. The van der Waals surface area contributed by atoms with E-state index in [1.807, 2.05) is 6.92 Å². The van der Waals surface area contributed by atoms with Crippen LogP contribution in [0.2, 0.25) is 0 Å². The molecule has 4 heterocycles. The van der Waals surface area contributed by atoms with E-state index in [2.05, 4.69) is 19.9 Å². The summed E-state index contributed by atoms with van der Waals surface area (Å²) in [4.78, 5) is 39.6. The molecule has 23 heavy (non-hydrogen) atoms. The normalized spacial score (nSPS) is 14.5. The van der Waals surface area contributed by atoms with Crippen LogP contribution in [0.4, 0.5) is 0 Å². The highest BCUT2D eigenvalue weighted by Crippen LogP contribution is 2.20. The van der Waals surface area contributed by atoms with Crippen LogP contribution in [0.3, 0.4) is 0 Å². The predicted molar refractivity (Wildman–Crippen MR) is 86.6 cm³/mol. The maximum Gasteiger partial charge on any atom is 0.258 e. The molecule has 1 aliphatic heterocycles. The van der Waals surface area contributed by atoms with Gasteiger partial charge in [-0.05, 0) is 13.8 Å². The van der Waals surface area contributed by atoms with E-state index in [4.69, 9.17) is 0 Å². The smallest absolute Gasteiger partial charge is 0.258 e. The number of H-pyrrole nitrogens is 1. The first kappa shape index (κ1) is 14.3. The molecule has 0 atom stereocenters. The molecule has 0 saturated heterocycles. The predicted octanol–water partition coefficient (Wildman–Crippen LogP) is 0.972. The van der Waals surface area contributed by atoms with Gasteiger partial charge in [-0.25, -0.2) is 9.97 Å². The molecule has 4 rings (SSSR count). The van der Waals surface area contributed by atoms with E-state index in [1.54, 1.807) is 23.6 Å². The summed E-state index contributed by atoms with van der Waals surface area (Å²) in [5.74, 6) is 0.627. The van der Waals surface area contributed by atoms with Gasteiger partial charge in [0.25, 0.3) is 11.1 Å². The standard InChI is InChI=1S/C15H15N5O2S/c1-8-4-20-13(21)3-10(18-15(20)23-8)5-19-6-11-12(7-19)16-9(2)17-14(11)22/h3-4H,5-7H2,1-2H3,(H,16,17,22). The Morgan fingerprint density at radius 3 is 2.91 bits per heavy atom. The quantitative estimate of drug-likeness (QED) is 0.757. The highest BCUT2D eigenvalue weighted by Gasteiger charge is 2.24. The summed E-state index contributed by atoms with van der Waals surface area (Å²) in [5.41, 5.74) is 2.10. The van der Waals surface area contributed by atoms with Gasteiger partial charge < -0.3 is 4.98 Å². The number of aromatic amines is 1. The number of rotatable bonds is 2. The first-order valence-corrected chi connectivity index (χ1v) is 8.11. The Kier molecular flexibility index (Phi) is 3.17. The van der Waals surface area contributed by atoms with Crippen LogP contribution in [0.5, 0.6) is 0 Å². The van der Waals surface area contributed by atoms with Crippen LogP contribution in [0.15, 0.2) is 21.9 Å². The van der Waals surface area contributed by atoms with E-state index in [0.29, 0.717) is 36.0 Å². The average Bonchev–Trinajstić information content (AvgIpc) is 3.02. The van der Waals surface area contributed by atoms with Crippen molar-refractivity contribution in [3.8, 4) is 0 Å². The minimum Gasteiger partial charge on any atom is -0.310 e. The number of nitrogens with zero attached hydrogens (tertiary/aromatic N) is 4. The Hall–Kier alpha value is -2.32. The number of hydrogen-bond donors (Lipinski definition) is 1. The van der Waals surface area contributed by atoms with Gasteiger partial charge in [-0.15, -0.1) is 11.3 Å². The van der Waals surface area contributed by atoms with Crippen LogP contribution < -0.4 is 11.1 Å². The number of aromatic nitrogens is 4. The Balaban J connectivity index is 1.64. The van der Waals surface area contributed by atoms with Gasteiger partial charge in [0.15, 0.2) is 4.96 Å². The van der Waals surface area contributed by atoms with E-state index in [-0.39, 0.29) is 11.1 Å². The zero-order valence-electron chi connectivity index (χ0n) is 12.8. The number of nitrogens with one attached hydrogen (secondary N) is 1. The number of hydrogen-bond acceptors (Lipinski definition) is 6. The average molecular weight is 329 g/mol. The molecule has 0 fully saturated rings. The fraction of sp³-hybridized carbons (Fsp3) is 0.333. The third-order valence-electron chi connectivity index (χ3n) is 3.90. The summed E-state index contributed by atoms with van der Waals surface area (Å²) in [6.45, 7) is 5.39. The van der Waals surface area contributed by atoms with Crippen molar-refractivity contribution in [2.75, 3.05) is 0 Å². The van der Waals surface area contributed by atoms with Gasteiger partial charge >= 0.3 is 0 Å². The van der Waals surface area contributed by atoms with Crippen molar-refractivity contribution in [1.82, 2.24) is 24.3 Å². The summed E-state index contributed by atoms with van der Waals surface area (Å²) < 4.78 is 1.57. The lowest BCUT2D eigenvalue weighted by Crippen LogP contribution is -2.21. The molecule has 7 nitrogen and oxygen atoms in total. The van der Waals surface area contributed by atoms with Gasteiger partial charge in [0.1, 0.15) is 5.82 Å². The minimum absolute atomic E-state index is 0.0714. The lowest BCUT2D eigenvalue weighted by Gasteiger charge is -2.13. The van der Waals surface area contributed by atoms with Gasteiger partial charge in [0.2, 0.25) is 0 Å². The maximum atomic E-state index is 12.1. The topological polar surface area (TPSA) is 83.4 Å². The first-order chi connectivity index (χ1) is 11.0. The Morgan fingerprint density at radius 1 is 1.26 bits per heavy atom. The molecule has 0 amide bonds. The summed E-state index contributed by atoms with van der Waals surface area (Å²) >= 11 is 1.50. The summed E-state index contributed by atoms with van der Waals surface area (Å²) in [5, 5.41) is 0. The second kappa shape index (κ2) is 5.10.